The van der Waals surface area contributed by atoms with Gasteiger partial charge in [0, 0.05) is 39.1 Å². The fourth-order valence-corrected chi connectivity index (χ4v) is 4.31. The Morgan fingerprint density at radius 3 is 1.93 bits per heavy atom. The van der Waals surface area contributed by atoms with Crippen molar-refractivity contribution in [3.63, 3.8) is 0 Å². The Bertz CT molecular complexity index is 1280. The van der Waals surface area contributed by atoms with Gasteiger partial charge in [-0.1, -0.05) is 0 Å². The summed E-state index contributed by atoms with van der Waals surface area (Å²) in [6.07, 6.45) is 0.974. The van der Waals surface area contributed by atoms with Gasteiger partial charge in [0.1, 0.15) is 17.7 Å². The summed E-state index contributed by atoms with van der Waals surface area (Å²) in [6, 6.07) is 11.4. The Morgan fingerprint density at radius 1 is 0.786 bits per heavy atom. The van der Waals surface area contributed by atoms with Gasteiger partial charge in [-0.25, -0.2) is 8.78 Å². The molecule has 3 aromatic carbocycles. The molecule has 4 nitrogen and oxygen atoms in total. The number of nitrogens with one attached hydrogen (secondary N) is 3. The molecule has 0 unspecified atom stereocenters. The Kier molecular flexibility index (Phi) is 3.23. The van der Waals surface area contributed by atoms with Crippen LogP contribution in [0.1, 0.15) is 6.42 Å². The van der Waals surface area contributed by atoms with Crippen LogP contribution in [0.25, 0.3) is 43.6 Å². The predicted molar refractivity (Wildman–Crippen MR) is 107 cm³/mol. The number of ether oxygens (including phenoxy) is 1. The molecule has 5 aromatic rings. The van der Waals surface area contributed by atoms with Crippen LogP contribution >= 0.6 is 0 Å². The molecule has 0 radical (unpaired) electrons. The number of fused-ring (bicyclic) bond motifs is 6. The second-order valence-corrected chi connectivity index (χ2v) is 7.41. The Labute approximate surface area is 158 Å². The van der Waals surface area contributed by atoms with E-state index in [9.17, 15) is 8.78 Å². The third-order valence-electron chi connectivity index (χ3n) is 5.64. The molecule has 0 spiro atoms. The van der Waals surface area contributed by atoms with E-state index in [1.165, 1.54) is 24.3 Å². The summed E-state index contributed by atoms with van der Waals surface area (Å²) >= 11 is 0. The second kappa shape index (κ2) is 5.69. The summed E-state index contributed by atoms with van der Waals surface area (Å²) in [5, 5.41) is 6.63. The van der Waals surface area contributed by atoms with Crippen LogP contribution in [0, 0.1) is 11.6 Å². The van der Waals surface area contributed by atoms with Crippen LogP contribution in [-0.2, 0) is 0 Å². The van der Waals surface area contributed by atoms with Crippen LogP contribution < -0.4 is 10.1 Å². The minimum Gasteiger partial charge on any atom is -0.485 e. The molecule has 1 atom stereocenters. The molecule has 0 bridgehead atoms. The number of rotatable bonds is 2. The molecule has 6 heteroatoms. The largest absolute Gasteiger partial charge is 0.485 e. The van der Waals surface area contributed by atoms with E-state index in [-0.39, 0.29) is 17.7 Å². The van der Waals surface area contributed by atoms with Gasteiger partial charge in [-0.05, 0) is 55.4 Å². The number of halogens is 2. The van der Waals surface area contributed by atoms with Crippen molar-refractivity contribution in [3.8, 4) is 5.75 Å². The third kappa shape index (κ3) is 2.24. The maximum Gasteiger partial charge on any atom is 0.167 e. The van der Waals surface area contributed by atoms with E-state index in [0.717, 1.165) is 63.1 Å². The van der Waals surface area contributed by atoms with Crippen molar-refractivity contribution in [1.82, 2.24) is 15.3 Å². The highest BCUT2D eigenvalue weighted by Gasteiger charge is 2.22. The smallest absolute Gasteiger partial charge is 0.167 e. The highest BCUT2D eigenvalue weighted by molar-refractivity contribution is 6.20. The van der Waals surface area contributed by atoms with E-state index in [2.05, 4.69) is 15.3 Å². The van der Waals surface area contributed by atoms with Crippen LogP contribution in [0.15, 0.2) is 42.5 Å². The quantitative estimate of drug-likeness (QED) is 0.407. The topological polar surface area (TPSA) is 52.8 Å². The highest BCUT2D eigenvalue weighted by Crippen LogP contribution is 2.41. The molecule has 3 heterocycles. The number of H-pyrrole nitrogens is 2. The van der Waals surface area contributed by atoms with Crippen LogP contribution in [0.5, 0.6) is 5.75 Å². The van der Waals surface area contributed by atoms with Gasteiger partial charge in [-0.3, -0.25) is 0 Å². The lowest BCUT2D eigenvalue weighted by Crippen LogP contribution is -2.19. The lowest BCUT2D eigenvalue weighted by molar-refractivity contribution is 0.228. The number of aromatic nitrogens is 2. The average Bonchev–Trinajstić information content (AvgIpc) is 3.39. The lowest BCUT2D eigenvalue weighted by Gasteiger charge is -2.14. The van der Waals surface area contributed by atoms with Gasteiger partial charge in [0.05, 0.1) is 11.0 Å². The van der Waals surface area contributed by atoms with Crippen molar-refractivity contribution >= 4 is 43.6 Å². The monoisotopic (exact) mass is 377 g/mol. The second-order valence-electron chi connectivity index (χ2n) is 7.41. The molecule has 1 aliphatic heterocycles. The van der Waals surface area contributed by atoms with E-state index in [1.807, 2.05) is 6.07 Å². The lowest BCUT2D eigenvalue weighted by atomic mass is 10.1. The standard InChI is InChI=1S/C22H17F2N3O/c23-11-1-3-18-14(7-11)16-9-17-15-8-12(24)2-4-19(15)27-21(17)22(20(16)26-18)28-13-5-6-25-10-13/h1-4,7-9,13,25-27H,5-6,10H2/t13-/m1/s1. The molecule has 140 valence electrons. The summed E-state index contributed by atoms with van der Waals surface area (Å²) in [4.78, 5) is 6.78. The van der Waals surface area contributed by atoms with Crippen molar-refractivity contribution < 1.29 is 13.5 Å². The van der Waals surface area contributed by atoms with Crippen LogP contribution in [0.2, 0.25) is 0 Å². The third-order valence-corrected chi connectivity index (χ3v) is 5.64. The zero-order chi connectivity index (χ0) is 18.8. The molecular weight excluding hydrogens is 360 g/mol. The van der Waals surface area contributed by atoms with Crippen molar-refractivity contribution in [2.24, 2.45) is 0 Å². The first-order valence-corrected chi connectivity index (χ1v) is 9.39. The van der Waals surface area contributed by atoms with E-state index in [1.54, 1.807) is 12.1 Å². The average molecular weight is 377 g/mol. The maximum atomic E-state index is 13.9. The molecule has 28 heavy (non-hydrogen) atoms. The van der Waals surface area contributed by atoms with E-state index >= 15 is 0 Å². The molecule has 6 rings (SSSR count). The number of benzene rings is 3. The normalized spacial score (nSPS) is 17.4. The van der Waals surface area contributed by atoms with E-state index in [0.29, 0.717) is 5.75 Å². The van der Waals surface area contributed by atoms with Gasteiger partial charge >= 0.3 is 0 Å². The fraction of sp³-hybridized carbons (Fsp3) is 0.182. The zero-order valence-corrected chi connectivity index (χ0v) is 14.9. The van der Waals surface area contributed by atoms with Gasteiger partial charge in [-0.15, -0.1) is 0 Å². The van der Waals surface area contributed by atoms with Crippen molar-refractivity contribution in [3.05, 3.63) is 54.1 Å². The molecule has 0 saturated carbocycles. The van der Waals surface area contributed by atoms with Gasteiger partial charge in [0.2, 0.25) is 0 Å². The molecule has 0 amide bonds. The van der Waals surface area contributed by atoms with Gasteiger partial charge in [0.15, 0.2) is 5.75 Å². The molecule has 3 N–H and O–H groups in total. The van der Waals surface area contributed by atoms with Crippen LogP contribution in [0.4, 0.5) is 8.78 Å². The van der Waals surface area contributed by atoms with Crippen molar-refractivity contribution in [1.29, 1.82) is 0 Å². The summed E-state index contributed by atoms with van der Waals surface area (Å²) in [5.41, 5.74) is 3.34. The van der Waals surface area contributed by atoms with Crippen molar-refractivity contribution in [2.75, 3.05) is 13.1 Å². The van der Waals surface area contributed by atoms with E-state index < -0.39 is 0 Å². The summed E-state index contributed by atoms with van der Waals surface area (Å²) in [5.74, 6) is 0.122. The van der Waals surface area contributed by atoms with Gasteiger partial charge in [0.25, 0.3) is 0 Å². The Balaban J connectivity index is 1.75. The first-order chi connectivity index (χ1) is 13.7. The summed E-state index contributed by atoms with van der Waals surface area (Å²) in [6.45, 7) is 1.70. The highest BCUT2D eigenvalue weighted by atomic mass is 19.1. The zero-order valence-electron chi connectivity index (χ0n) is 14.9. The first kappa shape index (κ1) is 15.9. The minimum absolute atomic E-state index is 0.0556. The number of aromatic amines is 2. The van der Waals surface area contributed by atoms with Crippen LogP contribution in [0.3, 0.4) is 0 Å². The van der Waals surface area contributed by atoms with Crippen LogP contribution in [-0.4, -0.2) is 29.2 Å². The SMILES string of the molecule is Fc1ccc2[nH]c3c(O[C@@H]4CCNC4)c4[nH]c5ccc(F)cc5c4cc3c2c1. The van der Waals surface area contributed by atoms with Gasteiger partial charge in [-0.2, -0.15) is 0 Å². The summed E-state index contributed by atoms with van der Waals surface area (Å²) in [7, 11) is 0. The molecule has 1 fully saturated rings. The predicted octanol–water partition coefficient (Wildman–Crippen LogP) is 4.97. The molecule has 2 aromatic heterocycles. The minimum atomic E-state index is -0.291. The Hall–Kier alpha value is -3.12. The molecule has 0 aliphatic carbocycles. The number of hydrogen-bond acceptors (Lipinski definition) is 2. The first-order valence-electron chi connectivity index (χ1n) is 9.39. The maximum absolute atomic E-state index is 13.9. The Morgan fingerprint density at radius 2 is 1.39 bits per heavy atom. The van der Waals surface area contributed by atoms with E-state index in [4.69, 9.17) is 4.74 Å². The molecule has 1 aliphatic rings. The molecule has 1 saturated heterocycles. The van der Waals surface area contributed by atoms with Crippen molar-refractivity contribution in [2.45, 2.75) is 12.5 Å². The fourth-order valence-electron chi connectivity index (χ4n) is 4.31. The summed E-state index contributed by atoms with van der Waals surface area (Å²) < 4.78 is 34.3. The molecular formula is C22H17F2N3O. The van der Waals surface area contributed by atoms with Gasteiger partial charge < -0.3 is 20.0 Å². The number of hydrogen-bond donors (Lipinski definition) is 3.